The summed E-state index contributed by atoms with van der Waals surface area (Å²) in [5.74, 6) is 1.09. The van der Waals surface area contributed by atoms with E-state index in [2.05, 4.69) is 11.2 Å². The number of amides is 2. The van der Waals surface area contributed by atoms with Crippen molar-refractivity contribution in [2.75, 3.05) is 0 Å². The Kier molecular flexibility index (Phi) is 6.19. The Labute approximate surface area is 95.4 Å². The topological polar surface area (TPSA) is 92.4 Å². The summed E-state index contributed by atoms with van der Waals surface area (Å²) < 4.78 is 0. The van der Waals surface area contributed by atoms with Crippen molar-refractivity contribution < 1.29 is 14.7 Å². The maximum atomic E-state index is 11.4. The summed E-state index contributed by atoms with van der Waals surface area (Å²) in [5.41, 5.74) is 5.04. The van der Waals surface area contributed by atoms with Crippen LogP contribution in [0.3, 0.4) is 0 Å². The van der Waals surface area contributed by atoms with Gasteiger partial charge in [0.1, 0.15) is 12.1 Å². The second-order valence-corrected chi connectivity index (χ2v) is 4.02. The molecule has 0 fully saturated rings. The summed E-state index contributed by atoms with van der Waals surface area (Å²) in [6, 6.07) is -0.917. The fraction of sp³-hybridized carbons (Fsp3) is 0.636. The van der Waals surface area contributed by atoms with Gasteiger partial charge in [-0.25, -0.2) is 0 Å². The van der Waals surface area contributed by atoms with Gasteiger partial charge in [0, 0.05) is 6.42 Å². The van der Waals surface area contributed by atoms with Gasteiger partial charge in [-0.15, -0.1) is 12.3 Å². The maximum absolute atomic E-state index is 11.4. The van der Waals surface area contributed by atoms with Gasteiger partial charge in [0.15, 0.2) is 0 Å². The average molecular weight is 226 g/mol. The van der Waals surface area contributed by atoms with Crippen LogP contribution in [0.4, 0.5) is 0 Å². The highest BCUT2D eigenvalue weighted by Crippen LogP contribution is 2.04. The van der Waals surface area contributed by atoms with Crippen LogP contribution in [0.5, 0.6) is 0 Å². The van der Waals surface area contributed by atoms with Crippen LogP contribution >= 0.6 is 0 Å². The summed E-state index contributed by atoms with van der Waals surface area (Å²) in [4.78, 5) is 22.3. The molecule has 2 amide bonds. The predicted octanol–water partition coefficient (Wildman–Crippen LogP) is -0.613. The zero-order valence-electron chi connectivity index (χ0n) is 9.56. The average Bonchev–Trinajstić information content (AvgIpc) is 2.15. The van der Waals surface area contributed by atoms with E-state index < -0.39 is 24.0 Å². The molecule has 90 valence electrons. The van der Waals surface area contributed by atoms with Gasteiger partial charge in [-0.05, 0) is 12.3 Å². The number of carbonyl (C=O) groups excluding carboxylic acids is 2. The molecule has 2 atom stereocenters. The van der Waals surface area contributed by atoms with Crippen molar-refractivity contribution in [3.63, 3.8) is 0 Å². The lowest BCUT2D eigenvalue weighted by atomic mass is 10.0. The minimum absolute atomic E-state index is 0.0233. The Morgan fingerprint density at radius 2 is 2.06 bits per heavy atom. The molecule has 0 spiro atoms. The highest BCUT2D eigenvalue weighted by atomic mass is 16.3. The maximum Gasteiger partial charge on any atom is 0.249 e. The van der Waals surface area contributed by atoms with E-state index in [4.69, 9.17) is 12.2 Å². The number of carbonyl (C=O) groups is 2. The molecule has 0 aromatic carbocycles. The first kappa shape index (κ1) is 14.5. The third-order valence-corrected chi connectivity index (χ3v) is 1.98. The Morgan fingerprint density at radius 1 is 1.50 bits per heavy atom. The fourth-order valence-electron chi connectivity index (χ4n) is 1.16. The number of hydrogen-bond donors (Lipinski definition) is 3. The molecule has 0 radical (unpaired) electrons. The van der Waals surface area contributed by atoms with E-state index >= 15 is 0 Å². The molecule has 0 aromatic rings. The number of hydrogen-bond acceptors (Lipinski definition) is 3. The lowest BCUT2D eigenvalue weighted by molar-refractivity contribution is -0.133. The van der Waals surface area contributed by atoms with Gasteiger partial charge < -0.3 is 16.2 Å². The van der Waals surface area contributed by atoms with E-state index in [1.807, 2.05) is 13.8 Å². The first-order valence-corrected chi connectivity index (χ1v) is 5.09. The molecular formula is C11H18N2O3. The second kappa shape index (κ2) is 6.85. The Morgan fingerprint density at radius 3 is 2.44 bits per heavy atom. The fourth-order valence-corrected chi connectivity index (χ4v) is 1.16. The van der Waals surface area contributed by atoms with E-state index in [-0.39, 0.29) is 12.3 Å². The van der Waals surface area contributed by atoms with Crippen LogP contribution in [0.15, 0.2) is 0 Å². The van der Waals surface area contributed by atoms with Crippen molar-refractivity contribution in [1.82, 2.24) is 5.32 Å². The van der Waals surface area contributed by atoms with Gasteiger partial charge in [-0.3, -0.25) is 9.59 Å². The van der Waals surface area contributed by atoms with Crippen LogP contribution in [-0.2, 0) is 9.59 Å². The highest BCUT2D eigenvalue weighted by Gasteiger charge is 2.22. The standard InChI is InChI=1S/C11H18N2O3/c1-4-5-8(10(12)15)13-11(16)9(14)6-7(2)3/h1,7-9,14H,5-6H2,2-3H3,(H2,12,15)(H,13,16)/t8-,9-/m1/s1. The molecule has 0 aromatic heterocycles. The third-order valence-electron chi connectivity index (χ3n) is 1.98. The summed E-state index contributed by atoms with van der Waals surface area (Å²) in [6.45, 7) is 3.76. The van der Waals surface area contributed by atoms with Gasteiger partial charge in [0.2, 0.25) is 11.8 Å². The Balaban J connectivity index is 4.30. The summed E-state index contributed by atoms with van der Waals surface area (Å²) in [5, 5.41) is 11.8. The van der Waals surface area contributed by atoms with Crippen molar-refractivity contribution in [1.29, 1.82) is 0 Å². The molecule has 0 aliphatic carbocycles. The van der Waals surface area contributed by atoms with Crippen LogP contribution in [0, 0.1) is 18.3 Å². The van der Waals surface area contributed by atoms with Crippen molar-refractivity contribution in [2.45, 2.75) is 38.8 Å². The molecule has 5 heteroatoms. The Bertz CT molecular complexity index is 294. The first-order chi connectivity index (χ1) is 7.38. The summed E-state index contributed by atoms with van der Waals surface area (Å²) >= 11 is 0. The molecule has 4 N–H and O–H groups in total. The normalized spacial score (nSPS) is 13.9. The molecular weight excluding hydrogens is 208 g/mol. The Hall–Kier alpha value is -1.54. The van der Waals surface area contributed by atoms with Crippen molar-refractivity contribution in [3.05, 3.63) is 0 Å². The SMILES string of the molecule is C#CC[C@@H](NC(=O)[C@H](O)CC(C)C)C(N)=O. The van der Waals surface area contributed by atoms with Gasteiger partial charge >= 0.3 is 0 Å². The minimum atomic E-state index is -1.14. The highest BCUT2D eigenvalue weighted by molar-refractivity contribution is 5.88. The lowest BCUT2D eigenvalue weighted by Gasteiger charge is -2.17. The molecule has 0 rings (SSSR count). The predicted molar refractivity (Wildman–Crippen MR) is 60.0 cm³/mol. The first-order valence-electron chi connectivity index (χ1n) is 5.09. The van der Waals surface area contributed by atoms with Crippen LogP contribution in [-0.4, -0.2) is 29.1 Å². The molecule has 0 saturated carbocycles. The minimum Gasteiger partial charge on any atom is -0.383 e. The van der Waals surface area contributed by atoms with Crippen molar-refractivity contribution >= 4 is 11.8 Å². The molecule has 0 bridgehead atoms. The molecule has 0 saturated heterocycles. The molecule has 0 aliphatic heterocycles. The largest absolute Gasteiger partial charge is 0.383 e. The summed E-state index contributed by atoms with van der Waals surface area (Å²) in [6.07, 6.45) is 4.24. The molecule has 0 unspecified atom stereocenters. The van der Waals surface area contributed by atoms with Gasteiger partial charge in [0.25, 0.3) is 0 Å². The number of nitrogens with two attached hydrogens (primary N) is 1. The van der Waals surface area contributed by atoms with Gasteiger partial charge in [-0.1, -0.05) is 13.8 Å². The van der Waals surface area contributed by atoms with Gasteiger partial charge in [-0.2, -0.15) is 0 Å². The number of nitrogens with one attached hydrogen (secondary N) is 1. The lowest BCUT2D eigenvalue weighted by Crippen LogP contribution is -2.48. The van der Waals surface area contributed by atoms with Crippen LogP contribution in [0.25, 0.3) is 0 Å². The number of aliphatic hydroxyl groups is 1. The second-order valence-electron chi connectivity index (χ2n) is 4.02. The van der Waals surface area contributed by atoms with Crippen molar-refractivity contribution in [3.8, 4) is 12.3 Å². The van der Waals surface area contributed by atoms with E-state index in [0.29, 0.717) is 6.42 Å². The van der Waals surface area contributed by atoms with Crippen LogP contribution in [0.1, 0.15) is 26.7 Å². The summed E-state index contributed by atoms with van der Waals surface area (Å²) in [7, 11) is 0. The van der Waals surface area contributed by atoms with E-state index in [1.165, 1.54) is 0 Å². The zero-order valence-corrected chi connectivity index (χ0v) is 9.56. The van der Waals surface area contributed by atoms with Gasteiger partial charge in [0.05, 0.1) is 0 Å². The number of terminal acetylenes is 1. The smallest absolute Gasteiger partial charge is 0.249 e. The number of rotatable bonds is 6. The van der Waals surface area contributed by atoms with Crippen LogP contribution < -0.4 is 11.1 Å². The quantitative estimate of drug-likeness (QED) is 0.527. The molecule has 5 nitrogen and oxygen atoms in total. The van der Waals surface area contributed by atoms with Crippen molar-refractivity contribution in [2.24, 2.45) is 11.7 Å². The van der Waals surface area contributed by atoms with E-state index in [9.17, 15) is 14.7 Å². The number of primary amides is 1. The molecule has 16 heavy (non-hydrogen) atoms. The van der Waals surface area contributed by atoms with E-state index in [0.717, 1.165) is 0 Å². The zero-order chi connectivity index (χ0) is 12.7. The number of aliphatic hydroxyl groups excluding tert-OH is 1. The van der Waals surface area contributed by atoms with E-state index in [1.54, 1.807) is 0 Å². The third kappa shape index (κ3) is 5.37. The molecule has 0 aliphatic rings. The molecule has 0 heterocycles. The monoisotopic (exact) mass is 226 g/mol. The van der Waals surface area contributed by atoms with Crippen LogP contribution in [0.2, 0.25) is 0 Å².